The molecule has 0 N–H and O–H groups in total. The summed E-state index contributed by atoms with van der Waals surface area (Å²) in [7, 11) is 2.25. The molecule has 0 saturated heterocycles. The summed E-state index contributed by atoms with van der Waals surface area (Å²) < 4.78 is 0. The molecule has 0 saturated carbocycles. The first kappa shape index (κ1) is 20.8. The van der Waals surface area contributed by atoms with Gasteiger partial charge in [-0.2, -0.15) is 38.8 Å². The van der Waals surface area contributed by atoms with E-state index in [0.29, 0.717) is 0 Å². The molecule has 0 amide bonds. The normalized spacial score (nSPS) is 6.88. The van der Waals surface area contributed by atoms with Crippen LogP contribution in [0.5, 0.6) is 0 Å². The summed E-state index contributed by atoms with van der Waals surface area (Å²) in [6.07, 6.45) is 0. The second-order valence-electron chi connectivity index (χ2n) is 2.15. The summed E-state index contributed by atoms with van der Waals surface area (Å²) in [5, 5.41) is 27.4. The Morgan fingerprint density at radius 1 is 0.812 bits per heavy atom. The van der Waals surface area contributed by atoms with Crippen LogP contribution in [0.3, 0.4) is 0 Å². The van der Waals surface area contributed by atoms with Crippen LogP contribution in [0.15, 0.2) is 42.5 Å². The third kappa shape index (κ3) is 7.68. The summed E-state index contributed by atoms with van der Waals surface area (Å²) in [5.41, 5.74) is 0. The van der Waals surface area contributed by atoms with Crippen LogP contribution in [-0.4, -0.2) is 21.3 Å². The van der Waals surface area contributed by atoms with Gasteiger partial charge in [-0.3, -0.25) is 0 Å². The Hall–Kier alpha value is -0.576. The number of fused-ring (bicyclic) bond motifs is 1. The van der Waals surface area contributed by atoms with E-state index in [0.717, 1.165) is 21.3 Å². The van der Waals surface area contributed by atoms with Crippen LogP contribution >= 0.6 is 0 Å². The van der Waals surface area contributed by atoms with E-state index in [1.165, 1.54) is 10.8 Å². The van der Waals surface area contributed by atoms with Crippen LogP contribution in [-0.2, 0) is 21.7 Å². The van der Waals surface area contributed by atoms with Crippen molar-refractivity contribution >= 4 is 10.8 Å². The van der Waals surface area contributed by atoms with Crippen LogP contribution in [0, 0.1) is 0 Å². The first-order valence-electron chi connectivity index (χ1n) is 4.30. The molecule has 0 bridgehead atoms. The predicted molar refractivity (Wildman–Crippen MR) is 57.3 cm³/mol. The van der Waals surface area contributed by atoms with E-state index in [4.69, 9.17) is 15.3 Å². The summed E-state index contributed by atoms with van der Waals surface area (Å²) >= 11 is 0. The molecule has 2 aromatic rings. The first-order valence-corrected chi connectivity index (χ1v) is 4.30. The van der Waals surface area contributed by atoms with Crippen LogP contribution in [0.25, 0.3) is 10.8 Å². The van der Waals surface area contributed by atoms with E-state index in [1.807, 2.05) is 0 Å². The van der Waals surface area contributed by atoms with E-state index in [-0.39, 0.29) is 21.7 Å². The number of hydrogen-bond donors (Lipinski definition) is 0. The van der Waals surface area contributed by atoms with E-state index < -0.39 is 0 Å². The van der Waals surface area contributed by atoms with Gasteiger partial charge in [0.2, 0.25) is 0 Å². The Balaban J connectivity index is -0.000000214. The zero-order valence-corrected chi connectivity index (χ0v) is 11.3. The van der Waals surface area contributed by atoms with Crippen molar-refractivity contribution in [2.75, 3.05) is 21.3 Å². The predicted octanol–water partition coefficient (Wildman–Crippen LogP) is -0.514. The second kappa shape index (κ2) is 16.8. The topological polar surface area (TPSA) is 69.2 Å². The molecule has 3 nitrogen and oxygen atoms in total. The number of benzene rings is 1. The van der Waals surface area contributed by atoms with Gasteiger partial charge in [0.05, 0.1) is 0 Å². The van der Waals surface area contributed by atoms with Crippen molar-refractivity contribution in [3.8, 4) is 0 Å². The van der Waals surface area contributed by atoms with E-state index in [9.17, 15) is 0 Å². The Bertz CT molecular complexity index is 290. The molecule has 2 aromatic carbocycles. The van der Waals surface area contributed by atoms with Gasteiger partial charge in [0, 0.05) is 0 Å². The average molecular weight is 256 g/mol. The molecule has 0 aromatic heterocycles. The maximum atomic E-state index is 8.25. The van der Waals surface area contributed by atoms with Gasteiger partial charge >= 0.3 is 21.7 Å². The Labute approximate surface area is 112 Å². The van der Waals surface area contributed by atoms with Crippen LogP contribution < -0.4 is 15.3 Å². The van der Waals surface area contributed by atoms with Crippen molar-refractivity contribution in [3.05, 3.63) is 42.5 Å². The van der Waals surface area contributed by atoms with E-state index in [2.05, 4.69) is 42.5 Å². The minimum atomic E-state index is 0. The molecule has 0 aliphatic carbocycles. The number of rotatable bonds is 0. The fourth-order valence-electron chi connectivity index (χ4n) is 1.07. The van der Waals surface area contributed by atoms with Gasteiger partial charge in [-0.1, -0.05) is 6.07 Å². The van der Waals surface area contributed by atoms with Gasteiger partial charge in [0.15, 0.2) is 0 Å². The Morgan fingerprint density at radius 2 is 1.31 bits per heavy atom. The molecule has 86 valence electrons. The molecule has 2 rings (SSSR count). The third-order valence-corrected chi connectivity index (χ3v) is 1.55. The van der Waals surface area contributed by atoms with Crippen molar-refractivity contribution < 1.29 is 37.0 Å². The molecule has 0 fully saturated rings. The quantitative estimate of drug-likeness (QED) is 0.470. The molecule has 0 aliphatic heterocycles. The molecule has 0 aliphatic rings. The van der Waals surface area contributed by atoms with Crippen molar-refractivity contribution in [1.82, 2.24) is 0 Å². The van der Waals surface area contributed by atoms with Gasteiger partial charge in [0.25, 0.3) is 0 Å². The van der Waals surface area contributed by atoms with Gasteiger partial charge < -0.3 is 15.3 Å². The standard InChI is InChI=1S/C9H7.3CH3O.Ti/c1-2-5-9-7-3-6-8(9)4-1;3*1-2;/h1-7H;3*1H3;/q4*-1;+4. The van der Waals surface area contributed by atoms with Gasteiger partial charge in [-0.15, -0.1) is 29.7 Å². The Morgan fingerprint density at radius 3 is 1.81 bits per heavy atom. The summed E-state index contributed by atoms with van der Waals surface area (Å²) in [6.45, 7) is 0. The molecule has 0 atom stereocenters. The molecular formula is C12H16O3Ti. The maximum absolute atomic E-state index is 8.25. The van der Waals surface area contributed by atoms with Crippen molar-refractivity contribution in [2.24, 2.45) is 0 Å². The molecule has 0 heterocycles. The largest absolute Gasteiger partial charge is 4.00 e. The van der Waals surface area contributed by atoms with Crippen molar-refractivity contribution in [3.63, 3.8) is 0 Å². The second-order valence-corrected chi connectivity index (χ2v) is 2.15. The number of hydrogen-bond acceptors (Lipinski definition) is 3. The monoisotopic (exact) mass is 256 g/mol. The van der Waals surface area contributed by atoms with Crippen LogP contribution in [0.2, 0.25) is 0 Å². The molecule has 0 unspecified atom stereocenters. The van der Waals surface area contributed by atoms with E-state index in [1.54, 1.807) is 0 Å². The molecule has 0 radical (unpaired) electrons. The fourth-order valence-corrected chi connectivity index (χ4v) is 1.07. The molecular weight excluding hydrogens is 240 g/mol. The molecule has 0 spiro atoms. The smallest absolute Gasteiger partial charge is 0.857 e. The van der Waals surface area contributed by atoms with Crippen molar-refractivity contribution in [1.29, 1.82) is 0 Å². The molecule has 16 heavy (non-hydrogen) atoms. The summed E-state index contributed by atoms with van der Waals surface area (Å²) in [4.78, 5) is 0. The maximum Gasteiger partial charge on any atom is 4.00 e. The SMILES string of the molecule is C[O-].C[O-].C[O-].[Ti+4].c1ccc2[cH-]ccc2c1. The average Bonchev–Trinajstić information content (AvgIpc) is 2.85. The van der Waals surface area contributed by atoms with Gasteiger partial charge in [0.1, 0.15) is 0 Å². The zero-order valence-electron chi connectivity index (χ0n) is 9.77. The van der Waals surface area contributed by atoms with Gasteiger partial charge in [-0.05, 0) is 0 Å². The fraction of sp³-hybridized carbons (Fsp3) is 0.250. The Kier molecular flexibility index (Phi) is 21.9. The minimum absolute atomic E-state index is 0. The zero-order chi connectivity index (χ0) is 12.1. The first-order chi connectivity index (χ1) is 7.47. The van der Waals surface area contributed by atoms with Gasteiger partial charge in [-0.25, -0.2) is 0 Å². The molecule has 4 heteroatoms. The summed E-state index contributed by atoms with van der Waals surface area (Å²) in [5.74, 6) is 0. The minimum Gasteiger partial charge on any atom is -0.857 e. The van der Waals surface area contributed by atoms with Crippen molar-refractivity contribution in [2.45, 2.75) is 0 Å². The third-order valence-electron chi connectivity index (χ3n) is 1.55. The van der Waals surface area contributed by atoms with Crippen LogP contribution in [0.1, 0.15) is 0 Å². The summed E-state index contributed by atoms with van der Waals surface area (Å²) in [6, 6.07) is 14.7. The van der Waals surface area contributed by atoms with Crippen LogP contribution in [0.4, 0.5) is 0 Å². The van der Waals surface area contributed by atoms with E-state index >= 15 is 0 Å².